The third-order valence-corrected chi connectivity index (χ3v) is 8.31. The van der Waals surface area contributed by atoms with Gasteiger partial charge in [0.2, 0.25) is 5.91 Å². The van der Waals surface area contributed by atoms with Crippen molar-refractivity contribution in [1.82, 2.24) is 20.4 Å². The van der Waals surface area contributed by atoms with Crippen LogP contribution in [0.1, 0.15) is 16.7 Å². The number of benzene rings is 3. The number of carbonyl (C=O) groups is 2. The Labute approximate surface area is 275 Å². The van der Waals surface area contributed by atoms with Crippen LogP contribution >= 0.6 is 0 Å². The molecule has 1 fully saturated rings. The highest BCUT2D eigenvalue weighted by molar-refractivity contribution is 7.92. The smallest absolute Gasteiger partial charge is 0.490 e. The van der Waals surface area contributed by atoms with Gasteiger partial charge in [-0.05, 0) is 47.5 Å². The molecule has 0 bridgehead atoms. The number of methoxy groups -OCH3 is 1. The maximum absolute atomic E-state index is 13.1. The molecule has 0 spiro atoms. The summed E-state index contributed by atoms with van der Waals surface area (Å²) in [6.07, 6.45) is -9.68. The van der Waals surface area contributed by atoms with Crippen LogP contribution in [0.2, 0.25) is 0 Å². The number of halogens is 6. The zero-order valence-corrected chi connectivity index (χ0v) is 26.2. The average molecular weight is 718 g/mol. The van der Waals surface area contributed by atoms with Crippen LogP contribution in [0.5, 0.6) is 5.75 Å². The van der Waals surface area contributed by atoms with Crippen molar-refractivity contribution in [3.8, 4) is 5.75 Å². The van der Waals surface area contributed by atoms with Gasteiger partial charge in [-0.2, -0.15) is 31.4 Å². The summed E-state index contributed by atoms with van der Waals surface area (Å²) in [6, 6.07) is 15.5. The molecule has 2 heterocycles. The molecule has 4 aromatic rings. The third-order valence-electron chi connectivity index (χ3n) is 6.95. The van der Waals surface area contributed by atoms with Gasteiger partial charge in [0, 0.05) is 13.1 Å². The maximum atomic E-state index is 13.1. The van der Waals surface area contributed by atoms with Crippen molar-refractivity contribution >= 4 is 38.6 Å². The number of anilines is 1. The monoisotopic (exact) mass is 717 g/mol. The second kappa shape index (κ2) is 15.1. The Bertz CT molecular complexity index is 1890. The number of fused-ring (bicyclic) bond motifs is 1. The largest absolute Gasteiger partial charge is 0.496 e. The van der Waals surface area contributed by atoms with Crippen LogP contribution in [0, 0.1) is 0 Å². The van der Waals surface area contributed by atoms with Gasteiger partial charge >= 0.3 is 18.3 Å². The summed E-state index contributed by atoms with van der Waals surface area (Å²) in [5, 5.41) is 18.0. The molecule has 12 nitrogen and oxygen atoms in total. The van der Waals surface area contributed by atoms with E-state index in [1.54, 1.807) is 22.9 Å². The number of hydrogen-bond acceptors (Lipinski definition) is 8. The predicted octanol–water partition coefficient (Wildman–Crippen LogP) is 4.15. The number of rotatable bonds is 9. The highest BCUT2D eigenvalue weighted by atomic mass is 32.2. The molecule has 49 heavy (non-hydrogen) atoms. The quantitative estimate of drug-likeness (QED) is 0.187. The summed E-state index contributed by atoms with van der Waals surface area (Å²) >= 11 is 0. The van der Waals surface area contributed by atoms with Crippen molar-refractivity contribution in [2.45, 2.75) is 36.4 Å². The molecular formula is C30H29F6N5O7S. The number of aromatic nitrogens is 2. The van der Waals surface area contributed by atoms with Gasteiger partial charge in [-0.15, -0.1) is 0 Å². The summed E-state index contributed by atoms with van der Waals surface area (Å²) in [4.78, 5) is 21.0. The normalized spacial score (nSPS) is 15.2. The fourth-order valence-electron chi connectivity index (χ4n) is 4.63. The van der Waals surface area contributed by atoms with Gasteiger partial charge in [-0.25, -0.2) is 13.2 Å². The molecule has 264 valence electrons. The van der Waals surface area contributed by atoms with Gasteiger partial charge < -0.3 is 25.2 Å². The minimum atomic E-state index is -5.08. The van der Waals surface area contributed by atoms with Crippen molar-refractivity contribution < 1.29 is 58.9 Å². The molecular weight excluding hydrogens is 688 g/mol. The van der Waals surface area contributed by atoms with E-state index >= 15 is 0 Å². The molecule has 0 radical (unpaired) electrons. The topological polar surface area (TPSA) is 161 Å². The van der Waals surface area contributed by atoms with Crippen molar-refractivity contribution in [2.75, 3.05) is 31.6 Å². The lowest BCUT2D eigenvalue weighted by molar-refractivity contribution is -0.192. The van der Waals surface area contributed by atoms with E-state index in [1.807, 2.05) is 24.3 Å². The summed E-state index contributed by atoms with van der Waals surface area (Å²) < 4.78 is 112. The highest BCUT2D eigenvalue weighted by Gasteiger charge is 2.38. The van der Waals surface area contributed by atoms with Crippen LogP contribution < -0.4 is 20.1 Å². The predicted molar refractivity (Wildman–Crippen MR) is 162 cm³/mol. The molecule has 5 rings (SSSR count). The number of carbonyl (C=O) groups excluding carboxylic acids is 1. The fraction of sp³-hybridized carbons (Fsp3) is 0.300. The number of amides is 1. The average Bonchev–Trinajstić information content (AvgIpc) is 3.39. The van der Waals surface area contributed by atoms with E-state index in [4.69, 9.17) is 19.4 Å². The minimum absolute atomic E-state index is 0.0343. The summed E-state index contributed by atoms with van der Waals surface area (Å²) in [7, 11) is -2.85. The van der Waals surface area contributed by atoms with Gasteiger partial charge in [-0.1, -0.05) is 30.3 Å². The number of alkyl halides is 6. The van der Waals surface area contributed by atoms with Crippen molar-refractivity contribution in [1.29, 1.82) is 0 Å². The van der Waals surface area contributed by atoms with Crippen LogP contribution in [0.15, 0.2) is 71.6 Å². The first-order valence-corrected chi connectivity index (χ1v) is 15.7. The number of nitrogens with zero attached hydrogens (tertiary/aromatic N) is 2. The van der Waals surface area contributed by atoms with Gasteiger partial charge in [-0.3, -0.25) is 14.2 Å². The van der Waals surface area contributed by atoms with E-state index in [0.717, 1.165) is 23.3 Å². The Hall–Kier alpha value is -4.88. The van der Waals surface area contributed by atoms with Gasteiger partial charge in [0.05, 0.1) is 48.2 Å². The Morgan fingerprint density at radius 3 is 2.29 bits per heavy atom. The first kappa shape index (κ1) is 36.9. The SMILES string of the molecule is COc1cccc2c1c(NS(=O)(=O)c1ccc(C(F)(F)F)cc1)nn2Cc1cccc(CNC(=O)[C@H]2COCCN2)c1.O=C(O)C(F)(F)F. The third kappa shape index (κ3) is 9.61. The molecule has 1 aliphatic heterocycles. The molecule has 1 atom stereocenters. The lowest BCUT2D eigenvalue weighted by atomic mass is 10.1. The number of aliphatic carboxylic acids is 1. The summed E-state index contributed by atoms with van der Waals surface area (Å²) in [6.45, 7) is 2.05. The van der Waals surface area contributed by atoms with E-state index in [9.17, 15) is 39.6 Å². The number of morpholine rings is 1. The van der Waals surface area contributed by atoms with Crippen molar-refractivity contribution in [2.24, 2.45) is 0 Å². The van der Waals surface area contributed by atoms with Crippen LogP contribution in [0.25, 0.3) is 10.9 Å². The van der Waals surface area contributed by atoms with Crippen LogP contribution in [-0.2, 0) is 43.6 Å². The Kier molecular flexibility index (Phi) is 11.4. The van der Waals surface area contributed by atoms with E-state index in [-0.39, 0.29) is 23.2 Å². The fourth-order valence-corrected chi connectivity index (χ4v) is 5.64. The minimum Gasteiger partial charge on any atom is -0.496 e. The molecule has 0 unspecified atom stereocenters. The molecule has 1 aliphatic rings. The number of sulfonamides is 1. The van der Waals surface area contributed by atoms with E-state index in [1.165, 1.54) is 7.11 Å². The number of carboxylic acid groups (broad SMARTS) is 1. The summed E-state index contributed by atoms with van der Waals surface area (Å²) in [5.41, 5.74) is 1.31. The second-order valence-corrected chi connectivity index (χ2v) is 12.1. The zero-order chi connectivity index (χ0) is 36.0. The standard InChI is InChI=1S/C28H28F3N5O5S.C2HF3O2/c1-40-24-7-3-6-23-25(24)26(35-42(38,39)21-10-8-20(9-11-21)28(29,30)31)34-36(23)16-19-5-2-4-18(14-19)15-33-27(37)22-17-41-13-12-32-22;3-2(4,5)1(6)7/h2-11,14,22,32H,12-13,15-17H2,1H3,(H,33,37)(H,34,35);(H,6,7)/t22-;/m1./s1. The molecule has 3 aromatic carbocycles. The van der Waals surface area contributed by atoms with Crippen LogP contribution in [-0.4, -0.2) is 74.3 Å². The number of carboxylic acids is 1. The molecule has 4 N–H and O–H groups in total. The number of hydrogen-bond donors (Lipinski definition) is 4. The molecule has 19 heteroatoms. The van der Waals surface area contributed by atoms with Crippen molar-refractivity contribution in [3.63, 3.8) is 0 Å². The second-order valence-electron chi connectivity index (χ2n) is 10.4. The van der Waals surface area contributed by atoms with Crippen molar-refractivity contribution in [3.05, 3.63) is 83.4 Å². The Morgan fingerprint density at radius 2 is 1.69 bits per heavy atom. The molecule has 1 saturated heterocycles. The van der Waals surface area contributed by atoms with E-state index < -0.39 is 40.0 Å². The maximum Gasteiger partial charge on any atom is 0.490 e. The molecule has 1 amide bonds. The van der Waals surface area contributed by atoms with Gasteiger partial charge in [0.25, 0.3) is 10.0 Å². The molecule has 1 aromatic heterocycles. The summed E-state index contributed by atoms with van der Waals surface area (Å²) in [5.74, 6) is -2.59. The molecule has 0 aliphatic carbocycles. The highest BCUT2D eigenvalue weighted by Crippen LogP contribution is 2.34. The van der Waals surface area contributed by atoms with Crippen LogP contribution in [0.3, 0.4) is 0 Å². The lowest BCUT2D eigenvalue weighted by Crippen LogP contribution is -2.51. The lowest BCUT2D eigenvalue weighted by Gasteiger charge is -2.22. The number of ether oxygens (including phenoxy) is 2. The zero-order valence-electron chi connectivity index (χ0n) is 25.4. The Balaban J connectivity index is 0.000000698. The van der Waals surface area contributed by atoms with Gasteiger partial charge in [0.15, 0.2) is 5.82 Å². The Morgan fingerprint density at radius 1 is 1.04 bits per heavy atom. The first-order valence-electron chi connectivity index (χ1n) is 14.2. The van der Waals surface area contributed by atoms with Gasteiger partial charge in [0.1, 0.15) is 11.8 Å². The van der Waals surface area contributed by atoms with Crippen LogP contribution in [0.4, 0.5) is 32.2 Å². The van der Waals surface area contributed by atoms with E-state index in [0.29, 0.717) is 55.1 Å². The number of nitrogens with one attached hydrogen (secondary N) is 3. The van der Waals surface area contributed by atoms with E-state index in [2.05, 4.69) is 20.5 Å². The first-order chi connectivity index (χ1) is 23.0. The molecule has 0 saturated carbocycles.